The van der Waals surface area contributed by atoms with Crippen LogP contribution in [-0.4, -0.2) is 16.1 Å². The summed E-state index contributed by atoms with van der Waals surface area (Å²) in [6.07, 6.45) is 1.26. The van der Waals surface area contributed by atoms with Crippen LogP contribution in [0.5, 0.6) is 0 Å². The highest BCUT2D eigenvalue weighted by Gasteiger charge is 2.19. The van der Waals surface area contributed by atoms with Gasteiger partial charge in [0.25, 0.3) is 0 Å². The third-order valence-corrected chi connectivity index (χ3v) is 2.38. The molecule has 0 aliphatic heterocycles. The zero-order valence-electron chi connectivity index (χ0n) is 7.48. The normalized spacial score (nSPS) is 12.9. The number of hydrogen-bond acceptors (Lipinski definition) is 4. The van der Waals surface area contributed by atoms with Crippen molar-refractivity contribution >= 4 is 28.7 Å². The number of carboxylic acid groups (broad SMARTS) is 1. The number of rotatable bonds is 2. The topological polar surface area (TPSA) is 89.4 Å². The summed E-state index contributed by atoms with van der Waals surface area (Å²) in [6.45, 7) is 0. The van der Waals surface area contributed by atoms with Crippen molar-refractivity contribution in [1.29, 1.82) is 0 Å². The molecule has 0 saturated carbocycles. The number of carbonyl (C=O) groups is 1. The van der Waals surface area contributed by atoms with Crippen LogP contribution in [-0.2, 0) is 4.79 Å². The molecule has 1 aromatic heterocycles. The van der Waals surface area contributed by atoms with Gasteiger partial charge in [0, 0.05) is 16.7 Å². The molecule has 0 amide bonds. The molecular weight excluding hydrogens is 220 g/mol. The first-order chi connectivity index (χ1) is 7.09. The van der Waals surface area contributed by atoms with Crippen molar-refractivity contribution in [2.75, 3.05) is 0 Å². The summed E-state index contributed by atoms with van der Waals surface area (Å²) in [6, 6.07) is 1.86. The Morgan fingerprint density at radius 1 is 1.60 bits per heavy atom. The fourth-order valence-corrected chi connectivity index (χ4v) is 1.54. The molecular formula is C9H7ClN2O3. The molecule has 2 rings (SSSR count). The van der Waals surface area contributed by atoms with E-state index in [1.807, 2.05) is 0 Å². The minimum Gasteiger partial charge on any atom is -0.480 e. The van der Waals surface area contributed by atoms with Crippen molar-refractivity contribution in [2.45, 2.75) is 6.04 Å². The lowest BCUT2D eigenvalue weighted by Crippen LogP contribution is -2.20. The van der Waals surface area contributed by atoms with E-state index in [0.717, 1.165) is 0 Å². The van der Waals surface area contributed by atoms with Crippen molar-refractivity contribution in [3.05, 3.63) is 29.1 Å². The fourth-order valence-electron chi connectivity index (χ4n) is 1.27. The molecule has 0 radical (unpaired) electrons. The van der Waals surface area contributed by atoms with Gasteiger partial charge in [0.15, 0.2) is 12.0 Å². The zero-order valence-corrected chi connectivity index (χ0v) is 8.23. The Morgan fingerprint density at radius 2 is 2.33 bits per heavy atom. The molecule has 1 unspecified atom stereocenters. The molecule has 0 fully saturated rings. The maximum Gasteiger partial charge on any atom is 0.325 e. The molecule has 3 N–H and O–H groups in total. The van der Waals surface area contributed by atoms with Crippen LogP contribution in [0, 0.1) is 0 Å². The Bertz CT molecular complexity index is 523. The molecule has 0 spiro atoms. The molecule has 15 heavy (non-hydrogen) atoms. The average Bonchev–Trinajstić information content (AvgIpc) is 2.62. The lowest BCUT2D eigenvalue weighted by molar-refractivity contribution is -0.138. The summed E-state index contributed by atoms with van der Waals surface area (Å²) in [5.74, 6) is -1.14. The Labute approximate surface area is 89.5 Å². The molecule has 6 heteroatoms. The second-order valence-electron chi connectivity index (χ2n) is 3.01. The van der Waals surface area contributed by atoms with E-state index in [2.05, 4.69) is 4.98 Å². The van der Waals surface area contributed by atoms with Gasteiger partial charge in [-0.15, -0.1) is 0 Å². The molecule has 1 atom stereocenters. The van der Waals surface area contributed by atoms with E-state index in [1.54, 1.807) is 0 Å². The first-order valence-electron chi connectivity index (χ1n) is 4.10. The number of nitrogens with zero attached hydrogens (tertiary/aromatic N) is 1. The second kappa shape index (κ2) is 3.52. The molecule has 0 bridgehead atoms. The molecule has 2 aromatic rings. The van der Waals surface area contributed by atoms with Crippen molar-refractivity contribution < 1.29 is 14.3 Å². The SMILES string of the molecule is NC(C(=O)O)c1cc2ncoc2cc1Cl. The summed E-state index contributed by atoms with van der Waals surface area (Å²) in [5, 5.41) is 9.01. The number of benzene rings is 1. The highest BCUT2D eigenvalue weighted by Crippen LogP contribution is 2.27. The van der Waals surface area contributed by atoms with Crippen LogP contribution in [0.2, 0.25) is 5.02 Å². The third kappa shape index (κ3) is 1.67. The van der Waals surface area contributed by atoms with Crippen molar-refractivity contribution in [3.63, 3.8) is 0 Å². The van der Waals surface area contributed by atoms with E-state index < -0.39 is 12.0 Å². The molecule has 5 nitrogen and oxygen atoms in total. The zero-order chi connectivity index (χ0) is 11.0. The molecule has 0 aliphatic carbocycles. The number of hydrogen-bond donors (Lipinski definition) is 2. The minimum absolute atomic E-state index is 0.258. The summed E-state index contributed by atoms with van der Waals surface area (Å²) in [5.41, 5.74) is 6.82. The second-order valence-corrected chi connectivity index (χ2v) is 3.42. The molecule has 1 aromatic carbocycles. The number of carboxylic acids is 1. The number of fused-ring (bicyclic) bond motifs is 1. The van der Waals surface area contributed by atoms with Gasteiger partial charge < -0.3 is 15.3 Å². The first-order valence-corrected chi connectivity index (χ1v) is 4.48. The van der Waals surface area contributed by atoms with Crippen molar-refractivity contribution in [2.24, 2.45) is 5.73 Å². The average molecular weight is 227 g/mol. The summed E-state index contributed by atoms with van der Waals surface area (Å²) in [4.78, 5) is 14.6. The smallest absolute Gasteiger partial charge is 0.325 e. The minimum atomic E-state index is -1.15. The van der Waals surface area contributed by atoms with Gasteiger partial charge in [-0.05, 0) is 6.07 Å². The van der Waals surface area contributed by atoms with Crippen molar-refractivity contribution in [3.8, 4) is 0 Å². The highest BCUT2D eigenvalue weighted by molar-refractivity contribution is 6.32. The van der Waals surface area contributed by atoms with Gasteiger partial charge in [0.1, 0.15) is 11.6 Å². The Morgan fingerprint density at radius 3 is 3.00 bits per heavy atom. The van der Waals surface area contributed by atoms with Gasteiger partial charge in [-0.2, -0.15) is 0 Å². The predicted octanol–water partition coefficient (Wildman–Crippen LogP) is 1.57. The number of halogens is 1. The monoisotopic (exact) mass is 226 g/mol. The van der Waals surface area contributed by atoms with E-state index in [4.69, 9.17) is 26.9 Å². The van der Waals surface area contributed by atoms with Crippen LogP contribution in [0.25, 0.3) is 11.1 Å². The van der Waals surface area contributed by atoms with Gasteiger partial charge in [-0.1, -0.05) is 11.6 Å². The lowest BCUT2D eigenvalue weighted by atomic mass is 10.1. The largest absolute Gasteiger partial charge is 0.480 e. The molecule has 78 valence electrons. The van der Waals surface area contributed by atoms with E-state index in [0.29, 0.717) is 16.7 Å². The lowest BCUT2D eigenvalue weighted by Gasteiger charge is -2.08. The Balaban J connectivity index is 2.59. The maximum atomic E-state index is 10.7. The van der Waals surface area contributed by atoms with E-state index >= 15 is 0 Å². The van der Waals surface area contributed by atoms with Gasteiger partial charge in [-0.25, -0.2) is 4.98 Å². The molecule has 0 aliphatic rings. The number of aromatic nitrogens is 1. The quantitative estimate of drug-likeness (QED) is 0.811. The maximum absolute atomic E-state index is 10.7. The van der Waals surface area contributed by atoms with E-state index in [-0.39, 0.29) is 5.02 Å². The summed E-state index contributed by atoms with van der Waals surface area (Å²) < 4.78 is 5.01. The van der Waals surface area contributed by atoms with Gasteiger partial charge in [0.05, 0.1) is 0 Å². The van der Waals surface area contributed by atoms with Crippen LogP contribution >= 0.6 is 11.6 Å². The van der Waals surface area contributed by atoms with E-state index in [9.17, 15) is 4.79 Å². The Hall–Kier alpha value is -1.59. The standard InChI is InChI=1S/C9H7ClN2O3/c10-5-2-7-6(12-3-15-7)1-4(5)8(11)9(13)14/h1-3,8H,11H2,(H,13,14). The van der Waals surface area contributed by atoms with Crippen molar-refractivity contribution in [1.82, 2.24) is 4.98 Å². The molecule has 1 heterocycles. The molecule has 0 saturated heterocycles. The van der Waals surface area contributed by atoms with Gasteiger partial charge in [-0.3, -0.25) is 4.79 Å². The number of nitrogens with two attached hydrogens (primary N) is 1. The summed E-state index contributed by atoms with van der Waals surface area (Å²) >= 11 is 5.87. The third-order valence-electron chi connectivity index (χ3n) is 2.05. The first kappa shape index (κ1) is 9.95. The Kier molecular flexibility index (Phi) is 2.34. The number of aliphatic carboxylic acids is 1. The van der Waals surface area contributed by atoms with E-state index in [1.165, 1.54) is 18.5 Å². The van der Waals surface area contributed by atoms with Gasteiger partial charge in [0.2, 0.25) is 0 Å². The van der Waals surface area contributed by atoms with Crippen LogP contribution in [0.15, 0.2) is 22.9 Å². The number of oxazole rings is 1. The summed E-state index contributed by atoms with van der Waals surface area (Å²) in [7, 11) is 0. The van der Waals surface area contributed by atoms with Crippen LogP contribution < -0.4 is 5.73 Å². The van der Waals surface area contributed by atoms with Crippen LogP contribution in [0.1, 0.15) is 11.6 Å². The predicted molar refractivity (Wildman–Crippen MR) is 53.6 cm³/mol. The van der Waals surface area contributed by atoms with Crippen LogP contribution in [0.4, 0.5) is 0 Å². The van der Waals surface area contributed by atoms with Crippen LogP contribution in [0.3, 0.4) is 0 Å². The highest BCUT2D eigenvalue weighted by atomic mass is 35.5. The fraction of sp³-hybridized carbons (Fsp3) is 0.111. The van der Waals surface area contributed by atoms with Gasteiger partial charge >= 0.3 is 5.97 Å².